The number of nitrogen functional groups attached to an aromatic ring is 1. The van der Waals surface area contributed by atoms with Gasteiger partial charge in [0.1, 0.15) is 11.6 Å². The van der Waals surface area contributed by atoms with Gasteiger partial charge >= 0.3 is 0 Å². The number of hydrogen-bond acceptors (Lipinski definition) is 3. The number of nitrogens with zero attached hydrogens (tertiary/aromatic N) is 3. The van der Waals surface area contributed by atoms with Crippen molar-refractivity contribution in [3.63, 3.8) is 0 Å². The molecule has 0 bridgehead atoms. The van der Waals surface area contributed by atoms with Gasteiger partial charge in [0.15, 0.2) is 0 Å². The van der Waals surface area contributed by atoms with Crippen molar-refractivity contribution in [1.82, 2.24) is 14.3 Å². The number of rotatable bonds is 3. The lowest BCUT2D eigenvalue weighted by molar-refractivity contribution is 0.140. The van der Waals surface area contributed by atoms with Gasteiger partial charge in [-0.2, -0.15) is 0 Å². The van der Waals surface area contributed by atoms with E-state index in [1.165, 1.54) is 24.0 Å². The van der Waals surface area contributed by atoms with Gasteiger partial charge in [0, 0.05) is 18.8 Å². The predicted octanol–water partition coefficient (Wildman–Crippen LogP) is 4.94. The van der Waals surface area contributed by atoms with Crippen LogP contribution in [0.1, 0.15) is 36.4 Å². The second-order valence-corrected chi connectivity index (χ2v) is 7.62. The van der Waals surface area contributed by atoms with Gasteiger partial charge in [-0.1, -0.05) is 24.6 Å². The number of hydrogen-bond donors (Lipinski definition) is 1. The van der Waals surface area contributed by atoms with Gasteiger partial charge < -0.3 is 10.1 Å². The van der Waals surface area contributed by atoms with Gasteiger partial charge in [-0.3, -0.25) is 4.90 Å². The molecule has 3 heterocycles. The number of benzene rings is 2. The van der Waals surface area contributed by atoms with Crippen LogP contribution in [0, 0.1) is 5.82 Å². The van der Waals surface area contributed by atoms with E-state index in [2.05, 4.69) is 32.5 Å². The molecule has 28 heavy (non-hydrogen) atoms. The van der Waals surface area contributed by atoms with Crippen LogP contribution in [0.4, 0.5) is 10.2 Å². The van der Waals surface area contributed by atoms with Crippen LogP contribution in [0.2, 0.25) is 0 Å². The van der Waals surface area contributed by atoms with Crippen molar-refractivity contribution in [3.05, 3.63) is 77.7 Å². The Labute approximate surface area is 163 Å². The maximum Gasteiger partial charge on any atom is 0.148 e. The van der Waals surface area contributed by atoms with Gasteiger partial charge in [-0.25, -0.2) is 9.37 Å². The summed E-state index contributed by atoms with van der Waals surface area (Å²) in [5.41, 5.74) is 11.4. The molecule has 0 unspecified atom stereocenters. The highest BCUT2D eigenvalue weighted by Crippen LogP contribution is 2.32. The molecule has 0 radical (unpaired) electrons. The van der Waals surface area contributed by atoms with E-state index in [9.17, 15) is 4.39 Å². The fourth-order valence-corrected chi connectivity index (χ4v) is 4.42. The van der Waals surface area contributed by atoms with Crippen LogP contribution in [0.3, 0.4) is 0 Å². The number of halogens is 1. The summed E-state index contributed by atoms with van der Waals surface area (Å²) in [5.74, 6) is 0.376. The average molecular weight is 374 g/mol. The van der Waals surface area contributed by atoms with Crippen LogP contribution in [0.5, 0.6) is 0 Å². The lowest BCUT2D eigenvalue weighted by Crippen LogP contribution is -2.32. The Morgan fingerprint density at radius 2 is 1.89 bits per heavy atom. The van der Waals surface area contributed by atoms with Crippen LogP contribution in [0.15, 0.2) is 60.8 Å². The van der Waals surface area contributed by atoms with Gasteiger partial charge in [-0.05, 0) is 66.9 Å². The first-order chi connectivity index (χ1) is 13.7. The molecule has 0 aliphatic carbocycles. The Hall–Kier alpha value is -2.92. The summed E-state index contributed by atoms with van der Waals surface area (Å²) < 4.78 is 15.5. The molecule has 1 saturated heterocycles. The molecule has 4 nitrogen and oxygen atoms in total. The summed E-state index contributed by atoms with van der Waals surface area (Å²) in [4.78, 5) is 7.05. The zero-order valence-electron chi connectivity index (χ0n) is 15.7. The monoisotopic (exact) mass is 374 g/mol. The van der Waals surface area contributed by atoms with Gasteiger partial charge in [-0.15, -0.1) is 0 Å². The first-order valence-corrected chi connectivity index (χ1v) is 9.84. The summed E-state index contributed by atoms with van der Waals surface area (Å²) in [6, 6.07) is 17.7. The summed E-state index contributed by atoms with van der Waals surface area (Å²) in [7, 11) is 0. The molecular weight excluding hydrogens is 351 g/mol. The van der Waals surface area contributed by atoms with Crippen molar-refractivity contribution >= 4 is 22.4 Å². The van der Waals surface area contributed by atoms with Crippen molar-refractivity contribution in [2.45, 2.75) is 31.8 Å². The third-order valence-corrected chi connectivity index (χ3v) is 5.81. The first-order valence-electron chi connectivity index (χ1n) is 9.84. The van der Waals surface area contributed by atoms with Gasteiger partial charge in [0.05, 0.1) is 16.6 Å². The van der Waals surface area contributed by atoms with Crippen molar-refractivity contribution < 1.29 is 4.39 Å². The lowest BCUT2D eigenvalue weighted by Gasteiger charge is -2.36. The highest BCUT2D eigenvalue weighted by Gasteiger charge is 2.24. The molecule has 2 N–H and O–H groups in total. The quantitative estimate of drug-likeness (QED) is 0.553. The topological polar surface area (TPSA) is 46.6 Å². The molecule has 5 heteroatoms. The summed E-state index contributed by atoms with van der Waals surface area (Å²) in [5, 5.41) is 0. The van der Waals surface area contributed by atoms with Crippen molar-refractivity contribution in [3.8, 4) is 0 Å². The number of fused-ring (bicyclic) bond motifs is 3. The van der Waals surface area contributed by atoms with Crippen molar-refractivity contribution in [1.29, 1.82) is 0 Å². The molecule has 5 rings (SSSR count). The number of anilines is 1. The highest BCUT2D eigenvalue weighted by molar-refractivity contribution is 5.84. The molecular formula is C23H23FN4. The minimum absolute atomic E-state index is 0.178. The van der Waals surface area contributed by atoms with E-state index >= 15 is 0 Å². The van der Waals surface area contributed by atoms with Gasteiger partial charge in [0.25, 0.3) is 0 Å². The molecule has 142 valence electrons. The first kappa shape index (κ1) is 17.2. The molecule has 1 fully saturated rings. The normalized spacial score (nSPS) is 18.1. The molecule has 0 spiro atoms. The molecule has 0 amide bonds. The molecule has 1 aliphatic rings. The number of aromatic nitrogens is 2. The van der Waals surface area contributed by atoms with Crippen molar-refractivity contribution in [2.75, 3.05) is 12.3 Å². The third kappa shape index (κ3) is 3.02. The SMILES string of the molecule is Nc1nc2ccc(CN3CCCC[C@@H]3c3ccc(F)cc3)cc2n2cccc12. The number of piperidine rings is 1. The smallest absolute Gasteiger partial charge is 0.148 e. The predicted molar refractivity (Wildman–Crippen MR) is 111 cm³/mol. The van der Waals surface area contributed by atoms with E-state index in [1.54, 1.807) is 12.1 Å². The minimum Gasteiger partial charge on any atom is -0.382 e. The van der Waals surface area contributed by atoms with E-state index in [4.69, 9.17) is 5.73 Å². The lowest BCUT2D eigenvalue weighted by atomic mass is 9.94. The molecule has 1 aliphatic heterocycles. The molecule has 2 aromatic carbocycles. The maximum absolute atomic E-state index is 13.3. The average Bonchev–Trinajstić information content (AvgIpc) is 3.21. The fraction of sp³-hybridized carbons (Fsp3) is 0.261. The Kier molecular flexibility index (Phi) is 4.24. The van der Waals surface area contributed by atoms with E-state index < -0.39 is 0 Å². The van der Waals surface area contributed by atoms with E-state index in [0.29, 0.717) is 11.9 Å². The van der Waals surface area contributed by atoms with E-state index in [-0.39, 0.29) is 5.82 Å². The van der Waals surface area contributed by atoms with E-state index in [0.717, 1.165) is 36.1 Å². The standard InChI is InChI=1S/C23H23FN4/c24-18-9-7-17(8-10-18)20-4-1-2-12-27(20)15-16-6-11-19-22(14-16)28-13-3-5-21(28)23(25)26-19/h3,5-11,13-14,20H,1-2,4,12,15H2,(H2,25,26)/t20-/m1/s1. The number of likely N-dealkylation sites (tertiary alicyclic amines) is 1. The van der Waals surface area contributed by atoms with Crippen molar-refractivity contribution in [2.24, 2.45) is 0 Å². The second-order valence-electron chi connectivity index (χ2n) is 7.62. The summed E-state index contributed by atoms with van der Waals surface area (Å²) in [6.45, 7) is 1.92. The Balaban J connectivity index is 1.49. The van der Waals surface area contributed by atoms with Crippen LogP contribution in [0.25, 0.3) is 16.6 Å². The third-order valence-electron chi connectivity index (χ3n) is 5.81. The summed E-state index contributed by atoms with van der Waals surface area (Å²) in [6.07, 6.45) is 5.55. The fourth-order valence-electron chi connectivity index (χ4n) is 4.42. The minimum atomic E-state index is -0.178. The van der Waals surface area contributed by atoms with Gasteiger partial charge in [0.2, 0.25) is 0 Å². The summed E-state index contributed by atoms with van der Waals surface area (Å²) >= 11 is 0. The van der Waals surface area contributed by atoms with Crippen LogP contribution < -0.4 is 5.73 Å². The largest absolute Gasteiger partial charge is 0.382 e. The number of nitrogens with two attached hydrogens (primary N) is 1. The molecule has 0 saturated carbocycles. The molecule has 1 atom stereocenters. The Morgan fingerprint density at radius 3 is 2.75 bits per heavy atom. The molecule has 2 aromatic heterocycles. The Bertz CT molecular complexity index is 1130. The van der Waals surface area contributed by atoms with Crippen LogP contribution in [-0.4, -0.2) is 20.8 Å². The van der Waals surface area contributed by atoms with Crippen LogP contribution >= 0.6 is 0 Å². The Morgan fingerprint density at radius 1 is 1.04 bits per heavy atom. The highest BCUT2D eigenvalue weighted by atomic mass is 19.1. The van der Waals surface area contributed by atoms with E-state index in [1.807, 2.05) is 30.5 Å². The maximum atomic E-state index is 13.3. The second kappa shape index (κ2) is 6.91. The zero-order valence-corrected chi connectivity index (χ0v) is 15.7. The molecule has 4 aromatic rings. The van der Waals surface area contributed by atoms with Crippen LogP contribution in [-0.2, 0) is 6.54 Å². The zero-order chi connectivity index (χ0) is 19.1.